The molecule has 0 rings (SSSR count). The van der Waals surface area contributed by atoms with E-state index in [-0.39, 0.29) is 5.97 Å². The van der Waals surface area contributed by atoms with Gasteiger partial charge in [-0.05, 0) is 38.0 Å². The summed E-state index contributed by atoms with van der Waals surface area (Å²) in [5.41, 5.74) is 0. The smallest absolute Gasteiger partial charge is 0.305 e. The number of unbranched alkanes of at least 4 members (excludes halogenated alkanes) is 37. The van der Waals surface area contributed by atoms with Crippen LogP contribution >= 0.6 is 0 Å². The van der Waals surface area contributed by atoms with E-state index in [4.69, 9.17) is 4.74 Å². The topological polar surface area (TPSA) is 26.3 Å². The first kappa shape index (κ1) is 51.2. The molecule has 0 unspecified atom stereocenters. The molecule has 0 bridgehead atoms. The molecule has 0 aliphatic carbocycles. The van der Waals surface area contributed by atoms with Crippen molar-refractivity contribution in [2.45, 2.75) is 290 Å². The van der Waals surface area contributed by atoms with E-state index in [9.17, 15) is 4.79 Å². The molecule has 0 amide bonds. The van der Waals surface area contributed by atoms with Gasteiger partial charge in [-0.25, -0.2) is 0 Å². The molecule has 0 radical (unpaired) electrons. The minimum Gasteiger partial charge on any atom is -0.466 e. The third kappa shape index (κ3) is 47.2. The summed E-state index contributed by atoms with van der Waals surface area (Å²) in [6, 6.07) is 0. The third-order valence-corrected chi connectivity index (χ3v) is 11.3. The Labute approximate surface area is 329 Å². The third-order valence-electron chi connectivity index (χ3n) is 11.3. The highest BCUT2D eigenvalue weighted by atomic mass is 16.5. The quantitative estimate of drug-likeness (QED) is 0.0354. The zero-order valence-electron chi connectivity index (χ0n) is 36.5. The highest BCUT2D eigenvalue weighted by Gasteiger charge is 2.03. The van der Waals surface area contributed by atoms with Crippen molar-refractivity contribution in [3.63, 3.8) is 0 Å². The van der Waals surface area contributed by atoms with Gasteiger partial charge >= 0.3 is 5.97 Å². The fourth-order valence-corrected chi connectivity index (χ4v) is 7.66. The molecule has 0 fully saturated rings. The van der Waals surface area contributed by atoms with E-state index >= 15 is 0 Å². The molecule has 0 aliphatic rings. The van der Waals surface area contributed by atoms with Gasteiger partial charge in [-0.1, -0.05) is 264 Å². The van der Waals surface area contributed by atoms with Crippen molar-refractivity contribution in [3.8, 4) is 0 Å². The van der Waals surface area contributed by atoms with Gasteiger partial charge in [-0.2, -0.15) is 0 Å². The summed E-state index contributed by atoms with van der Waals surface area (Å²) in [6.07, 6.45) is 62.1. The summed E-state index contributed by atoms with van der Waals surface area (Å²) in [4.78, 5) is 11.9. The molecule has 52 heavy (non-hydrogen) atoms. The first-order chi connectivity index (χ1) is 25.7. The molecule has 0 N–H and O–H groups in total. The molecule has 0 aromatic carbocycles. The Hall–Kier alpha value is -0.790. The second kappa shape index (κ2) is 46.4. The van der Waals surface area contributed by atoms with Crippen LogP contribution in [0.3, 0.4) is 0 Å². The molecule has 0 atom stereocenters. The lowest BCUT2D eigenvalue weighted by atomic mass is 10.0. The Balaban J connectivity index is 3.13. The standard InChI is InChI=1S/C50H98O2/c1-4-5-6-7-8-9-31-35-38-41-44-47-50(51)52-48-45-42-39-36-33-30-28-26-24-22-20-18-16-14-12-10-11-13-15-17-19-21-23-25-27-29-32-34-37-40-43-46-49(2)3/h7-8,49H,4-6,9-48H2,1-3H3/b8-7-. The van der Waals surface area contributed by atoms with E-state index in [2.05, 4.69) is 32.9 Å². The molecular weight excluding hydrogens is 633 g/mol. The maximum absolute atomic E-state index is 11.9. The van der Waals surface area contributed by atoms with Crippen LogP contribution in [0.2, 0.25) is 0 Å². The number of allylic oxidation sites excluding steroid dienone is 2. The average molecular weight is 731 g/mol. The van der Waals surface area contributed by atoms with Crippen molar-refractivity contribution < 1.29 is 9.53 Å². The van der Waals surface area contributed by atoms with Gasteiger partial charge in [0, 0.05) is 6.42 Å². The average Bonchev–Trinajstić information content (AvgIpc) is 3.13. The van der Waals surface area contributed by atoms with E-state index < -0.39 is 0 Å². The van der Waals surface area contributed by atoms with Gasteiger partial charge in [0.15, 0.2) is 0 Å². The number of ether oxygens (including phenoxy) is 1. The summed E-state index contributed by atoms with van der Waals surface area (Å²) in [5, 5.41) is 0. The Kier molecular flexibility index (Phi) is 45.7. The van der Waals surface area contributed by atoms with Crippen LogP contribution in [0.1, 0.15) is 290 Å². The van der Waals surface area contributed by atoms with Gasteiger partial charge in [0.1, 0.15) is 0 Å². The van der Waals surface area contributed by atoms with Crippen molar-refractivity contribution in [2.24, 2.45) is 5.92 Å². The van der Waals surface area contributed by atoms with Crippen molar-refractivity contribution in [1.82, 2.24) is 0 Å². The Morgan fingerprint density at radius 3 is 1.02 bits per heavy atom. The number of carbonyl (C=O) groups is 1. The molecular formula is C50H98O2. The number of rotatable bonds is 45. The van der Waals surface area contributed by atoms with Gasteiger partial charge in [-0.15, -0.1) is 0 Å². The van der Waals surface area contributed by atoms with Crippen LogP contribution in [0.15, 0.2) is 12.2 Å². The van der Waals surface area contributed by atoms with Crippen molar-refractivity contribution in [2.75, 3.05) is 6.61 Å². The Morgan fingerprint density at radius 1 is 0.385 bits per heavy atom. The van der Waals surface area contributed by atoms with Crippen molar-refractivity contribution in [3.05, 3.63) is 12.2 Å². The summed E-state index contributed by atoms with van der Waals surface area (Å²) >= 11 is 0. The van der Waals surface area contributed by atoms with Gasteiger partial charge in [0.25, 0.3) is 0 Å². The number of esters is 1. The fraction of sp³-hybridized carbons (Fsp3) is 0.940. The predicted octanol–water partition coefficient (Wildman–Crippen LogP) is 18.1. The molecule has 0 aromatic heterocycles. The normalized spacial score (nSPS) is 11.8. The van der Waals surface area contributed by atoms with Crippen LogP contribution in [0.25, 0.3) is 0 Å². The SMILES string of the molecule is CCCC/C=C\CCCCCCCC(=O)OCCCCCCCCCCCCCCCCCCCCCCCCCCCCCCCCCC(C)C. The molecule has 0 saturated carbocycles. The van der Waals surface area contributed by atoms with Crippen LogP contribution in [-0.4, -0.2) is 12.6 Å². The maximum atomic E-state index is 11.9. The molecule has 0 aromatic rings. The van der Waals surface area contributed by atoms with Gasteiger partial charge in [0.2, 0.25) is 0 Å². The van der Waals surface area contributed by atoms with Crippen molar-refractivity contribution >= 4 is 5.97 Å². The van der Waals surface area contributed by atoms with Crippen LogP contribution in [0, 0.1) is 5.92 Å². The summed E-state index contributed by atoms with van der Waals surface area (Å²) in [5.74, 6) is 0.907. The Bertz CT molecular complexity index is 682. The van der Waals surface area contributed by atoms with Crippen molar-refractivity contribution in [1.29, 1.82) is 0 Å². The lowest BCUT2D eigenvalue weighted by Gasteiger charge is -2.06. The van der Waals surface area contributed by atoms with E-state index in [0.29, 0.717) is 13.0 Å². The summed E-state index contributed by atoms with van der Waals surface area (Å²) in [7, 11) is 0. The molecule has 0 saturated heterocycles. The second-order valence-corrected chi connectivity index (χ2v) is 17.3. The van der Waals surface area contributed by atoms with E-state index in [1.54, 1.807) is 0 Å². The van der Waals surface area contributed by atoms with E-state index in [1.807, 2.05) is 0 Å². The Morgan fingerprint density at radius 2 is 0.673 bits per heavy atom. The molecule has 2 nitrogen and oxygen atoms in total. The molecule has 0 aliphatic heterocycles. The number of carbonyl (C=O) groups excluding carboxylic acids is 1. The molecule has 310 valence electrons. The minimum atomic E-state index is 0.0182. The lowest BCUT2D eigenvalue weighted by molar-refractivity contribution is -0.143. The van der Waals surface area contributed by atoms with Crippen LogP contribution in [0.5, 0.6) is 0 Å². The zero-order valence-corrected chi connectivity index (χ0v) is 36.5. The molecule has 0 spiro atoms. The van der Waals surface area contributed by atoms with Crippen LogP contribution < -0.4 is 0 Å². The zero-order chi connectivity index (χ0) is 37.7. The van der Waals surface area contributed by atoms with Gasteiger partial charge in [-0.3, -0.25) is 4.79 Å². The van der Waals surface area contributed by atoms with Crippen LogP contribution in [0.4, 0.5) is 0 Å². The maximum Gasteiger partial charge on any atom is 0.305 e. The first-order valence-corrected chi connectivity index (χ1v) is 24.5. The highest BCUT2D eigenvalue weighted by Crippen LogP contribution is 2.17. The number of hydrogen-bond acceptors (Lipinski definition) is 2. The lowest BCUT2D eigenvalue weighted by Crippen LogP contribution is -2.05. The van der Waals surface area contributed by atoms with Crippen LogP contribution in [-0.2, 0) is 9.53 Å². The largest absolute Gasteiger partial charge is 0.466 e. The number of hydrogen-bond donors (Lipinski definition) is 0. The fourth-order valence-electron chi connectivity index (χ4n) is 7.66. The summed E-state index contributed by atoms with van der Waals surface area (Å²) < 4.78 is 5.45. The van der Waals surface area contributed by atoms with Gasteiger partial charge in [0.05, 0.1) is 6.61 Å². The van der Waals surface area contributed by atoms with E-state index in [0.717, 1.165) is 25.2 Å². The highest BCUT2D eigenvalue weighted by molar-refractivity contribution is 5.69. The summed E-state index contributed by atoms with van der Waals surface area (Å²) in [6.45, 7) is 7.57. The minimum absolute atomic E-state index is 0.0182. The monoisotopic (exact) mass is 731 g/mol. The van der Waals surface area contributed by atoms with E-state index in [1.165, 1.54) is 244 Å². The van der Waals surface area contributed by atoms with Gasteiger partial charge < -0.3 is 4.74 Å². The predicted molar refractivity (Wildman–Crippen MR) is 235 cm³/mol. The molecule has 2 heteroatoms. The first-order valence-electron chi connectivity index (χ1n) is 24.5. The second-order valence-electron chi connectivity index (χ2n) is 17.3. The molecule has 0 heterocycles.